The van der Waals surface area contributed by atoms with Crippen molar-refractivity contribution in [1.29, 1.82) is 0 Å². The maximum Gasteiger partial charge on any atom is 0.118 e. The second-order valence-corrected chi connectivity index (χ2v) is 4.64. The molecule has 1 aromatic heterocycles. The highest BCUT2D eigenvalue weighted by molar-refractivity contribution is 5.20. The molecule has 0 saturated carbocycles. The van der Waals surface area contributed by atoms with E-state index in [1.54, 1.807) is 0 Å². The van der Waals surface area contributed by atoms with Gasteiger partial charge in [0.1, 0.15) is 11.5 Å². The number of hydrogen-bond acceptors (Lipinski definition) is 3. The molecule has 0 aliphatic carbocycles. The molecular formula is C14H24N2O. The largest absolute Gasteiger partial charge is 0.465 e. The quantitative estimate of drug-likeness (QED) is 0.738. The van der Waals surface area contributed by atoms with Crippen molar-refractivity contribution in [1.82, 2.24) is 10.2 Å². The molecule has 1 N–H and O–H groups in total. The molecule has 0 bridgehead atoms. The third-order valence-corrected chi connectivity index (χ3v) is 2.89. The number of rotatable bonds is 7. The van der Waals surface area contributed by atoms with Gasteiger partial charge in [-0.15, -0.1) is 6.58 Å². The fourth-order valence-corrected chi connectivity index (χ4v) is 1.86. The predicted octanol–water partition coefficient (Wildman–Crippen LogP) is 2.70. The first-order valence-electron chi connectivity index (χ1n) is 6.16. The Morgan fingerprint density at radius 2 is 2.24 bits per heavy atom. The van der Waals surface area contributed by atoms with Gasteiger partial charge in [-0.1, -0.05) is 6.08 Å². The van der Waals surface area contributed by atoms with Gasteiger partial charge in [0, 0.05) is 24.7 Å². The van der Waals surface area contributed by atoms with Crippen LogP contribution in [0.5, 0.6) is 0 Å². The number of aryl methyl sites for hydroxylation is 1. The summed E-state index contributed by atoms with van der Waals surface area (Å²) in [5.74, 6) is 2.04. The van der Waals surface area contributed by atoms with Crippen molar-refractivity contribution < 1.29 is 4.42 Å². The molecule has 1 heterocycles. The van der Waals surface area contributed by atoms with Crippen LogP contribution in [0.4, 0.5) is 0 Å². The second-order valence-electron chi connectivity index (χ2n) is 4.64. The van der Waals surface area contributed by atoms with E-state index in [0.717, 1.165) is 31.2 Å². The van der Waals surface area contributed by atoms with Gasteiger partial charge in [-0.25, -0.2) is 0 Å². The van der Waals surface area contributed by atoms with E-state index in [1.165, 1.54) is 5.56 Å². The molecule has 3 nitrogen and oxygen atoms in total. The summed E-state index contributed by atoms with van der Waals surface area (Å²) in [7, 11) is 1.95. The average Bonchev–Trinajstić information content (AvgIpc) is 2.59. The first kappa shape index (κ1) is 14.0. The van der Waals surface area contributed by atoms with Crippen LogP contribution < -0.4 is 5.32 Å². The summed E-state index contributed by atoms with van der Waals surface area (Å²) in [5.41, 5.74) is 1.24. The molecule has 0 fully saturated rings. The van der Waals surface area contributed by atoms with Gasteiger partial charge in [-0.05, 0) is 33.9 Å². The van der Waals surface area contributed by atoms with Gasteiger partial charge in [-0.2, -0.15) is 0 Å². The van der Waals surface area contributed by atoms with E-state index in [2.05, 4.69) is 36.7 Å². The van der Waals surface area contributed by atoms with Gasteiger partial charge in [0.05, 0.1) is 6.54 Å². The van der Waals surface area contributed by atoms with Gasteiger partial charge < -0.3 is 9.73 Å². The lowest BCUT2D eigenvalue weighted by molar-refractivity contribution is 0.217. The van der Waals surface area contributed by atoms with E-state index in [0.29, 0.717) is 6.04 Å². The van der Waals surface area contributed by atoms with Crippen molar-refractivity contribution in [3.8, 4) is 0 Å². The lowest BCUT2D eigenvalue weighted by atomic mass is 10.2. The van der Waals surface area contributed by atoms with Crippen molar-refractivity contribution in [2.45, 2.75) is 39.9 Å². The van der Waals surface area contributed by atoms with E-state index in [4.69, 9.17) is 4.42 Å². The monoisotopic (exact) mass is 236 g/mol. The maximum atomic E-state index is 5.78. The Morgan fingerprint density at radius 1 is 1.53 bits per heavy atom. The molecule has 96 valence electrons. The molecule has 0 aromatic carbocycles. The van der Waals surface area contributed by atoms with Crippen LogP contribution in [-0.4, -0.2) is 24.5 Å². The molecule has 1 aromatic rings. The Balaban J connectivity index is 2.72. The van der Waals surface area contributed by atoms with Crippen LogP contribution in [0.3, 0.4) is 0 Å². The van der Waals surface area contributed by atoms with Crippen LogP contribution in [0, 0.1) is 6.92 Å². The van der Waals surface area contributed by atoms with Crippen LogP contribution >= 0.6 is 0 Å². The predicted molar refractivity (Wildman–Crippen MR) is 72.0 cm³/mol. The fraction of sp³-hybridized carbons (Fsp3) is 0.571. The topological polar surface area (TPSA) is 28.4 Å². The zero-order valence-electron chi connectivity index (χ0n) is 11.4. The van der Waals surface area contributed by atoms with Crippen molar-refractivity contribution in [2.75, 3.05) is 13.6 Å². The van der Waals surface area contributed by atoms with Gasteiger partial charge in [0.15, 0.2) is 0 Å². The van der Waals surface area contributed by atoms with Crippen molar-refractivity contribution >= 4 is 0 Å². The molecule has 0 atom stereocenters. The first-order chi connectivity index (χ1) is 8.08. The molecule has 0 radical (unpaired) electrons. The zero-order chi connectivity index (χ0) is 12.8. The van der Waals surface area contributed by atoms with Crippen LogP contribution in [0.2, 0.25) is 0 Å². The van der Waals surface area contributed by atoms with Crippen LogP contribution in [0.15, 0.2) is 23.1 Å². The Hall–Kier alpha value is -1.06. The minimum Gasteiger partial charge on any atom is -0.465 e. The Labute approximate surface area is 104 Å². The summed E-state index contributed by atoms with van der Waals surface area (Å²) < 4.78 is 5.78. The molecular weight excluding hydrogens is 212 g/mol. The summed E-state index contributed by atoms with van der Waals surface area (Å²) in [6.45, 7) is 12.8. The maximum absolute atomic E-state index is 5.78. The van der Waals surface area contributed by atoms with Crippen LogP contribution in [0.25, 0.3) is 0 Å². The van der Waals surface area contributed by atoms with Gasteiger partial charge in [0.2, 0.25) is 0 Å². The Bertz CT molecular complexity index is 355. The molecule has 0 aliphatic heterocycles. The van der Waals surface area contributed by atoms with Gasteiger partial charge >= 0.3 is 0 Å². The van der Waals surface area contributed by atoms with Gasteiger partial charge in [0.25, 0.3) is 0 Å². The molecule has 0 spiro atoms. The first-order valence-corrected chi connectivity index (χ1v) is 6.16. The average molecular weight is 236 g/mol. The highest BCUT2D eigenvalue weighted by Gasteiger charge is 2.12. The van der Waals surface area contributed by atoms with Gasteiger partial charge in [-0.3, -0.25) is 4.90 Å². The second kappa shape index (κ2) is 6.62. The minimum atomic E-state index is 0.492. The summed E-state index contributed by atoms with van der Waals surface area (Å²) in [6.07, 6.45) is 1.93. The summed E-state index contributed by atoms with van der Waals surface area (Å²) in [5, 5.41) is 3.15. The van der Waals surface area contributed by atoms with Crippen LogP contribution in [0.1, 0.15) is 30.9 Å². The third kappa shape index (κ3) is 4.02. The standard InChI is InChI=1S/C14H24N2O/c1-6-7-16(11(2)3)10-14-8-13(9-15-5)12(4)17-14/h6,8,11,15H,1,7,9-10H2,2-5H3. The lowest BCUT2D eigenvalue weighted by Gasteiger charge is -2.23. The van der Waals surface area contributed by atoms with Crippen molar-refractivity contribution in [3.05, 3.63) is 35.8 Å². The van der Waals surface area contributed by atoms with Crippen LogP contribution in [-0.2, 0) is 13.1 Å². The minimum absolute atomic E-state index is 0.492. The summed E-state index contributed by atoms with van der Waals surface area (Å²) in [6, 6.07) is 2.63. The molecule has 0 unspecified atom stereocenters. The molecule has 0 amide bonds. The smallest absolute Gasteiger partial charge is 0.118 e. The summed E-state index contributed by atoms with van der Waals surface area (Å²) >= 11 is 0. The van der Waals surface area contributed by atoms with E-state index < -0.39 is 0 Å². The SMILES string of the molecule is C=CCN(Cc1cc(CNC)c(C)o1)C(C)C. The van der Waals surface area contributed by atoms with E-state index in [9.17, 15) is 0 Å². The normalized spacial score (nSPS) is 11.4. The molecule has 0 aliphatic rings. The highest BCUT2D eigenvalue weighted by Crippen LogP contribution is 2.17. The van der Waals surface area contributed by atoms with Crippen molar-refractivity contribution in [2.24, 2.45) is 0 Å². The molecule has 1 rings (SSSR count). The van der Waals surface area contributed by atoms with E-state index >= 15 is 0 Å². The molecule has 17 heavy (non-hydrogen) atoms. The lowest BCUT2D eigenvalue weighted by Crippen LogP contribution is -2.30. The summed E-state index contributed by atoms with van der Waals surface area (Å²) in [4.78, 5) is 2.33. The molecule has 3 heteroatoms. The fourth-order valence-electron chi connectivity index (χ4n) is 1.86. The number of nitrogens with zero attached hydrogens (tertiary/aromatic N) is 1. The number of furan rings is 1. The highest BCUT2D eigenvalue weighted by atomic mass is 16.3. The van der Waals surface area contributed by atoms with E-state index in [1.807, 2.05) is 20.0 Å². The molecule has 0 saturated heterocycles. The van der Waals surface area contributed by atoms with E-state index in [-0.39, 0.29) is 0 Å². The Morgan fingerprint density at radius 3 is 2.76 bits per heavy atom. The third-order valence-electron chi connectivity index (χ3n) is 2.89. The Kier molecular flexibility index (Phi) is 5.45. The number of hydrogen-bond donors (Lipinski definition) is 1. The van der Waals surface area contributed by atoms with Crippen molar-refractivity contribution in [3.63, 3.8) is 0 Å². The zero-order valence-corrected chi connectivity index (χ0v) is 11.4. The number of nitrogens with one attached hydrogen (secondary N) is 1.